The van der Waals surface area contributed by atoms with Crippen molar-refractivity contribution >= 4 is 33.1 Å². The second kappa shape index (κ2) is 4.99. The maximum absolute atomic E-state index is 12.0. The zero-order chi connectivity index (χ0) is 14.0. The van der Waals surface area contributed by atoms with E-state index in [4.69, 9.17) is 27.3 Å². The molecule has 0 fully saturated rings. The average Bonchev–Trinajstić information content (AvgIpc) is 2.35. The molecule has 5 nitrogen and oxygen atoms in total. The van der Waals surface area contributed by atoms with Crippen molar-refractivity contribution in [1.82, 2.24) is 0 Å². The van der Waals surface area contributed by atoms with Crippen molar-refractivity contribution in [2.24, 2.45) is 0 Å². The van der Waals surface area contributed by atoms with Gasteiger partial charge in [0.2, 0.25) is 0 Å². The molecule has 0 heterocycles. The van der Waals surface area contributed by atoms with E-state index >= 15 is 0 Å². The van der Waals surface area contributed by atoms with Crippen molar-refractivity contribution in [3.63, 3.8) is 0 Å². The van der Waals surface area contributed by atoms with E-state index < -0.39 is 10.1 Å². The van der Waals surface area contributed by atoms with Gasteiger partial charge in [0, 0.05) is 5.02 Å². The van der Waals surface area contributed by atoms with E-state index in [2.05, 4.69) is 0 Å². The number of para-hydroxylation sites is 1. The van der Waals surface area contributed by atoms with E-state index in [0.717, 1.165) is 0 Å². The second-order valence-corrected chi connectivity index (χ2v) is 5.74. The van der Waals surface area contributed by atoms with Gasteiger partial charge in [-0.05, 0) is 30.3 Å². The molecule has 2 aromatic rings. The van der Waals surface area contributed by atoms with Gasteiger partial charge < -0.3 is 15.7 Å². The van der Waals surface area contributed by atoms with Crippen LogP contribution in [0.2, 0.25) is 5.02 Å². The van der Waals surface area contributed by atoms with E-state index in [-0.39, 0.29) is 22.0 Å². The first-order valence-electron chi connectivity index (χ1n) is 5.24. The molecular formula is C12H11ClN2O3S. The van der Waals surface area contributed by atoms with Crippen molar-refractivity contribution in [2.75, 3.05) is 11.5 Å². The number of nitrogen functional groups attached to an aromatic ring is 2. The quantitative estimate of drug-likeness (QED) is 0.669. The Labute approximate surface area is 115 Å². The van der Waals surface area contributed by atoms with Gasteiger partial charge in [-0.3, -0.25) is 0 Å². The molecule has 2 rings (SSSR count). The highest BCUT2D eigenvalue weighted by atomic mass is 35.5. The van der Waals surface area contributed by atoms with E-state index in [9.17, 15) is 8.42 Å². The summed E-state index contributed by atoms with van der Waals surface area (Å²) in [5, 5.41) is 0.297. The third-order valence-corrected chi connectivity index (χ3v) is 3.85. The first kappa shape index (κ1) is 13.5. The molecule has 0 aromatic heterocycles. The molecule has 19 heavy (non-hydrogen) atoms. The van der Waals surface area contributed by atoms with Crippen LogP contribution < -0.4 is 15.7 Å². The van der Waals surface area contributed by atoms with E-state index in [0.29, 0.717) is 5.02 Å². The standard InChI is InChI=1S/C12H11ClN2O3S/c13-8-3-1-4-9(7-8)19(16,17)18-11-6-2-5-10(14)12(11)15/h1-7H,14-15H2. The Morgan fingerprint density at radius 1 is 1.05 bits per heavy atom. The molecule has 0 amide bonds. The van der Waals surface area contributed by atoms with Gasteiger partial charge in [-0.25, -0.2) is 0 Å². The SMILES string of the molecule is Nc1cccc(OS(=O)(=O)c2cccc(Cl)c2)c1N. The molecule has 100 valence electrons. The van der Waals surface area contributed by atoms with Gasteiger partial charge in [0.25, 0.3) is 0 Å². The summed E-state index contributed by atoms with van der Waals surface area (Å²) >= 11 is 5.75. The maximum atomic E-state index is 12.0. The monoisotopic (exact) mass is 298 g/mol. The van der Waals surface area contributed by atoms with Crippen molar-refractivity contribution < 1.29 is 12.6 Å². The predicted octanol–water partition coefficient (Wildman–Crippen LogP) is 2.27. The van der Waals surface area contributed by atoms with Gasteiger partial charge >= 0.3 is 10.1 Å². The molecule has 0 saturated heterocycles. The highest BCUT2D eigenvalue weighted by molar-refractivity contribution is 7.87. The topological polar surface area (TPSA) is 95.4 Å². The highest BCUT2D eigenvalue weighted by Gasteiger charge is 2.18. The molecule has 0 spiro atoms. The Kier molecular flexibility index (Phi) is 3.55. The summed E-state index contributed by atoms with van der Waals surface area (Å²) in [6.45, 7) is 0. The van der Waals surface area contributed by atoms with Crippen molar-refractivity contribution in [3.05, 3.63) is 47.5 Å². The first-order valence-corrected chi connectivity index (χ1v) is 7.03. The summed E-state index contributed by atoms with van der Waals surface area (Å²) < 4.78 is 29.0. The van der Waals surface area contributed by atoms with E-state index in [1.54, 1.807) is 18.2 Å². The van der Waals surface area contributed by atoms with E-state index in [1.165, 1.54) is 24.3 Å². The van der Waals surface area contributed by atoms with Crippen molar-refractivity contribution in [1.29, 1.82) is 0 Å². The molecule has 0 atom stereocenters. The number of hydrogen-bond donors (Lipinski definition) is 2. The van der Waals surface area contributed by atoms with Crippen molar-refractivity contribution in [3.8, 4) is 5.75 Å². The van der Waals surface area contributed by atoms with Crippen LogP contribution in [-0.2, 0) is 10.1 Å². The zero-order valence-electron chi connectivity index (χ0n) is 9.71. The Morgan fingerprint density at radius 2 is 1.74 bits per heavy atom. The Balaban J connectivity index is 2.39. The summed E-state index contributed by atoms with van der Waals surface area (Å²) in [6, 6.07) is 10.3. The second-order valence-electron chi connectivity index (χ2n) is 3.75. The van der Waals surface area contributed by atoms with Crippen LogP contribution in [0.4, 0.5) is 11.4 Å². The van der Waals surface area contributed by atoms with Gasteiger partial charge in [0.15, 0.2) is 5.75 Å². The number of benzene rings is 2. The van der Waals surface area contributed by atoms with Gasteiger partial charge in [-0.15, -0.1) is 0 Å². The molecule has 0 bridgehead atoms. The summed E-state index contributed by atoms with van der Waals surface area (Å²) in [7, 11) is -4.00. The third-order valence-electron chi connectivity index (χ3n) is 2.38. The largest absolute Gasteiger partial charge is 0.397 e. The molecule has 0 saturated carbocycles. The number of halogens is 1. The normalized spacial score (nSPS) is 11.2. The molecule has 0 unspecified atom stereocenters. The Morgan fingerprint density at radius 3 is 2.42 bits per heavy atom. The van der Waals surface area contributed by atoms with Crippen LogP contribution in [0.5, 0.6) is 5.75 Å². The van der Waals surface area contributed by atoms with E-state index in [1.807, 2.05) is 0 Å². The minimum absolute atomic E-state index is 0.0139. The lowest BCUT2D eigenvalue weighted by Gasteiger charge is -2.10. The summed E-state index contributed by atoms with van der Waals surface area (Å²) in [4.78, 5) is -0.0539. The highest BCUT2D eigenvalue weighted by Crippen LogP contribution is 2.30. The number of hydrogen-bond acceptors (Lipinski definition) is 5. The maximum Gasteiger partial charge on any atom is 0.339 e. The molecule has 0 aliphatic heterocycles. The molecule has 7 heteroatoms. The minimum Gasteiger partial charge on any atom is -0.397 e. The number of rotatable bonds is 3. The number of nitrogens with two attached hydrogens (primary N) is 2. The van der Waals surface area contributed by atoms with Crippen LogP contribution in [0.15, 0.2) is 47.4 Å². The lowest BCUT2D eigenvalue weighted by molar-refractivity contribution is 0.487. The molecule has 0 radical (unpaired) electrons. The Bertz CT molecular complexity index is 717. The number of anilines is 2. The summed E-state index contributed by atoms with van der Waals surface area (Å²) in [5.41, 5.74) is 11.6. The fourth-order valence-corrected chi connectivity index (χ4v) is 2.67. The van der Waals surface area contributed by atoms with Crippen LogP contribution in [0.3, 0.4) is 0 Å². The van der Waals surface area contributed by atoms with Crippen molar-refractivity contribution in [2.45, 2.75) is 4.90 Å². The first-order chi connectivity index (χ1) is 8.90. The van der Waals surface area contributed by atoms with Gasteiger partial charge in [0.1, 0.15) is 4.90 Å². The van der Waals surface area contributed by atoms with Crippen LogP contribution in [0.1, 0.15) is 0 Å². The molecule has 0 aliphatic rings. The fraction of sp³-hybridized carbons (Fsp3) is 0. The minimum atomic E-state index is -4.00. The molecular weight excluding hydrogens is 288 g/mol. The summed E-state index contributed by atoms with van der Waals surface area (Å²) in [6.07, 6.45) is 0. The Hall–Kier alpha value is -1.92. The lowest BCUT2D eigenvalue weighted by atomic mass is 10.2. The van der Waals surface area contributed by atoms with Crippen LogP contribution in [-0.4, -0.2) is 8.42 Å². The van der Waals surface area contributed by atoms with Gasteiger partial charge in [-0.2, -0.15) is 8.42 Å². The molecule has 0 aliphatic carbocycles. The zero-order valence-corrected chi connectivity index (χ0v) is 11.3. The van der Waals surface area contributed by atoms with Gasteiger partial charge in [-0.1, -0.05) is 23.7 Å². The average molecular weight is 299 g/mol. The predicted molar refractivity (Wildman–Crippen MR) is 74.5 cm³/mol. The summed E-state index contributed by atoms with van der Waals surface area (Å²) in [5.74, 6) is -0.0139. The lowest BCUT2D eigenvalue weighted by Crippen LogP contribution is -2.11. The molecule has 4 N–H and O–H groups in total. The fourth-order valence-electron chi connectivity index (χ4n) is 1.42. The van der Waals surface area contributed by atoms with Crippen LogP contribution >= 0.6 is 11.6 Å². The van der Waals surface area contributed by atoms with Gasteiger partial charge in [0.05, 0.1) is 11.4 Å². The smallest absolute Gasteiger partial charge is 0.339 e. The molecule has 2 aromatic carbocycles. The van der Waals surface area contributed by atoms with Crippen LogP contribution in [0, 0.1) is 0 Å². The third kappa shape index (κ3) is 2.91. The van der Waals surface area contributed by atoms with Crippen LogP contribution in [0.25, 0.3) is 0 Å².